The molecule has 1 fully saturated rings. The van der Waals surface area contributed by atoms with Crippen molar-refractivity contribution in [3.63, 3.8) is 0 Å². The van der Waals surface area contributed by atoms with Crippen molar-refractivity contribution >= 4 is 12.2 Å². The largest absolute Gasteiger partial charge is 0.447 e. The quantitative estimate of drug-likeness (QED) is 0.759. The lowest BCUT2D eigenvalue weighted by Crippen LogP contribution is -2.45. The van der Waals surface area contributed by atoms with Crippen molar-refractivity contribution in [2.75, 3.05) is 20.3 Å². The normalized spacial score (nSPS) is 21.8. The number of rotatable bonds is 5. The Labute approximate surface area is 132 Å². The topological polar surface area (TPSA) is 85.9 Å². The van der Waals surface area contributed by atoms with Crippen LogP contribution in [0.5, 0.6) is 0 Å². The maximum Gasteiger partial charge on any atom is 0.407 e. The molecule has 1 aliphatic rings. The van der Waals surface area contributed by atoms with Gasteiger partial charge in [0.1, 0.15) is 12.2 Å². The lowest BCUT2D eigenvalue weighted by Gasteiger charge is -2.30. The minimum absolute atomic E-state index is 0.0896. The van der Waals surface area contributed by atoms with Crippen molar-refractivity contribution in [1.82, 2.24) is 10.6 Å². The Bertz CT molecular complexity index is 359. The van der Waals surface area contributed by atoms with Crippen LogP contribution in [0.1, 0.15) is 46.5 Å². The van der Waals surface area contributed by atoms with Gasteiger partial charge in [-0.3, -0.25) is 0 Å². The van der Waals surface area contributed by atoms with Crippen molar-refractivity contribution < 1.29 is 23.8 Å². The Morgan fingerprint density at radius 3 is 1.91 bits per heavy atom. The Morgan fingerprint density at radius 2 is 1.45 bits per heavy atom. The van der Waals surface area contributed by atoms with Gasteiger partial charge in [-0.15, -0.1) is 0 Å². The number of amides is 2. The highest BCUT2D eigenvalue weighted by molar-refractivity contribution is 5.68. The highest BCUT2D eigenvalue weighted by Crippen LogP contribution is 2.19. The van der Waals surface area contributed by atoms with Gasteiger partial charge in [0.25, 0.3) is 0 Å². The van der Waals surface area contributed by atoms with Gasteiger partial charge in [0.05, 0.1) is 6.61 Å². The molecule has 0 heterocycles. The summed E-state index contributed by atoms with van der Waals surface area (Å²) in [6.45, 7) is 6.14. The van der Waals surface area contributed by atoms with Crippen LogP contribution < -0.4 is 10.6 Å². The number of nitrogens with one attached hydrogen (secondary N) is 2. The van der Waals surface area contributed by atoms with Crippen molar-refractivity contribution in [2.45, 2.75) is 64.1 Å². The van der Waals surface area contributed by atoms with Crippen LogP contribution in [-0.2, 0) is 14.2 Å². The first-order valence-corrected chi connectivity index (χ1v) is 7.72. The summed E-state index contributed by atoms with van der Waals surface area (Å²) in [5, 5.41) is 5.70. The van der Waals surface area contributed by atoms with E-state index in [9.17, 15) is 9.59 Å². The number of ether oxygens (including phenoxy) is 3. The van der Waals surface area contributed by atoms with Crippen molar-refractivity contribution in [3.05, 3.63) is 0 Å². The van der Waals surface area contributed by atoms with Gasteiger partial charge < -0.3 is 24.8 Å². The maximum absolute atomic E-state index is 11.7. The molecule has 0 aromatic rings. The number of hydrogen-bond donors (Lipinski definition) is 2. The number of alkyl carbamates (subject to hydrolysis) is 2. The smallest absolute Gasteiger partial charge is 0.407 e. The van der Waals surface area contributed by atoms with Crippen LogP contribution in [0, 0.1) is 0 Å². The predicted molar refractivity (Wildman–Crippen MR) is 81.8 cm³/mol. The molecule has 7 nitrogen and oxygen atoms in total. The van der Waals surface area contributed by atoms with Gasteiger partial charge in [0, 0.05) is 19.2 Å². The van der Waals surface area contributed by atoms with Gasteiger partial charge >= 0.3 is 12.2 Å². The van der Waals surface area contributed by atoms with Gasteiger partial charge in [-0.05, 0) is 46.5 Å². The van der Waals surface area contributed by atoms with Crippen LogP contribution in [0.4, 0.5) is 9.59 Å². The van der Waals surface area contributed by atoms with Crippen molar-refractivity contribution in [2.24, 2.45) is 0 Å². The van der Waals surface area contributed by atoms with Crippen LogP contribution in [0.2, 0.25) is 0 Å². The van der Waals surface area contributed by atoms with E-state index in [4.69, 9.17) is 14.2 Å². The second-order valence-electron chi connectivity index (χ2n) is 6.47. The fourth-order valence-electron chi connectivity index (χ4n) is 2.28. The molecule has 22 heavy (non-hydrogen) atoms. The zero-order chi connectivity index (χ0) is 16.6. The molecule has 128 valence electrons. The predicted octanol–water partition coefficient (Wildman–Crippen LogP) is 2.19. The molecule has 0 saturated heterocycles. The van der Waals surface area contributed by atoms with E-state index in [0.717, 1.165) is 25.7 Å². The third kappa shape index (κ3) is 8.07. The average Bonchev–Trinajstić information content (AvgIpc) is 2.39. The highest BCUT2D eigenvalue weighted by Gasteiger charge is 2.25. The fourth-order valence-corrected chi connectivity index (χ4v) is 2.28. The van der Waals surface area contributed by atoms with E-state index in [-0.39, 0.29) is 24.8 Å². The van der Waals surface area contributed by atoms with Gasteiger partial charge in [0.15, 0.2) is 0 Å². The third-order valence-corrected chi connectivity index (χ3v) is 3.29. The van der Waals surface area contributed by atoms with E-state index >= 15 is 0 Å². The Kier molecular flexibility index (Phi) is 7.44. The maximum atomic E-state index is 11.7. The second-order valence-corrected chi connectivity index (χ2v) is 6.47. The van der Waals surface area contributed by atoms with E-state index in [1.807, 2.05) is 20.8 Å². The molecule has 0 atom stereocenters. The zero-order valence-electron chi connectivity index (χ0n) is 13.9. The molecule has 7 heteroatoms. The third-order valence-electron chi connectivity index (χ3n) is 3.29. The standard InChI is InChI=1S/C15H28N2O5/c1-15(2,3)22-14(19)17-12-7-5-11(6-8-12)16-13(18)21-10-9-20-4/h11-12H,5-10H2,1-4H3,(H,16,18)(H,17,19)/t11-,12+. The number of methoxy groups -OCH3 is 1. The Balaban J connectivity index is 2.20. The van der Waals surface area contributed by atoms with Gasteiger partial charge in [0.2, 0.25) is 0 Å². The van der Waals surface area contributed by atoms with E-state index in [1.165, 1.54) is 0 Å². The lowest BCUT2D eigenvalue weighted by atomic mass is 9.91. The monoisotopic (exact) mass is 316 g/mol. The summed E-state index contributed by atoms with van der Waals surface area (Å²) in [7, 11) is 1.56. The summed E-state index contributed by atoms with van der Waals surface area (Å²) >= 11 is 0. The van der Waals surface area contributed by atoms with Crippen LogP contribution in [0.3, 0.4) is 0 Å². The van der Waals surface area contributed by atoms with Crippen LogP contribution in [0.25, 0.3) is 0 Å². The molecule has 0 aliphatic heterocycles. The van der Waals surface area contributed by atoms with Crippen LogP contribution in [-0.4, -0.2) is 50.2 Å². The van der Waals surface area contributed by atoms with E-state index < -0.39 is 11.7 Å². The summed E-state index contributed by atoms with van der Waals surface area (Å²) in [4.78, 5) is 23.2. The van der Waals surface area contributed by atoms with E-state index in [0.29, 0.717) is 6.61 Å². The summed E-state index contributed by atoms with van der Waals surface area (Å²) < 4.78 is 15.0. The minimum Gasteiger partial charge on any atom is -0.447 e. The molecule has 0 bridgehead atoms. The van der Waals surface area contributed by atoms with Crippen molar-refractivity contribution in [1.29, 1.82) is 0 Å². The summed E-state index contributed by atoms with van der Waals surface area (Å²) in [6, 6.07) is 0.184. The molecule has 2 amide bonds. The molecule has 2 N–H and O–H groups in total. The molecule has 1 saturated carbocycles. The van der Waals surface area contributed by atoms with Gasteiger partial charge in [-0.1, -0.05) is 0 Å². The molecule has 0 spiro atoms. The first kappa shape index (κ1) is 18.5. The molecular formula is C15H28N2O5. The molecule has 1 aliphatic carbocycles. The zero-order valence-corrected chi connectivity index (χ0v) is 13.9. The molecular weight excluding hydrogens is 288 g/mol. The Morgan fingerprint density at radius 1 is 0.955 bits per heavy atom. The Hall–Kier alpha value is -1.50. The van der Waals surface area contributed by atoms with Gasteiger partial charge in [-0.2, -0.15) is 0 Å². The van der Waals surface area contributed by atoms with E-state index in [2.05, 4.69) is 10.6 Å². The lowest BCUT2D eigenvalue weighted by molar-refractivity contribution is 0.0487. The average molecular weight is 316 g/mol. The molecule has 0 aromatic carbocycles. The summed E-state index contributed by atoms with van der Waals surface area (Å²) in [5.74, 6) is 0. The number of carbonyl (C=O) groups excluding carboxylic acids is 2. The molecule has 0 radical (unpaired) electrons. The number of carbonyl (C=O) groups is 2. The summed E-state index contributed by atoms with van der Waals surface area (Å²) in [5.41, 5.74) is -0.491. The molecule has 1 rings (SSSR count). The molecule has 0 aromatic heterocycles. The minimum atomic E-state index is -0.491. The van der Waals surface area contributed by atoms with Crippen LogP contribution in [0.15, 0.2) is 0 Å². The SMILES string of the molecule is COCCOC(=O)N[C@H]1CC[C@@H](NC(=O)OC(C)(C)C)CC1. The summed E-state index contributed by atoms with van der Waals surface area (Å²) in [6.07, 6.45) is 2.42. The van der Waals surface area contributed by atoms with Gasteiger partial charge in [-0.25, -0.2) is 9.59 Å². The fraction of sp³-hybridized carbons (Fsp3) is 0.867. The first-order valence-electron chi connectivity index (χ1n) is 7.72. The highest BCUT2D eigenvalue weighted by atomic mass is 16.6. The molecule has 0 unspecified atom stereocenters. The van der Waals surface area contributed by atoms with Crippen LogP contribution >= 0.6 is 0 Å². The number of hydrogen-bond acceptors (Lipinski definition) is 5. The first-order chi connectivity index (χ1) is 10.3. The van der Waals surface area contributed by atoms with E-state index in [1.54, 1.807) is 7.11 Å². The van der Waals surface area contributed by atoms with Crippen molar-refractivity contribution in [3.8, 4) is 0 Å². The second kappa shape index (κ2) is 8.82.